The lowest BCUT2D eigenvalue weighted by atomic mass is 10.0. The van der Waals surface area contributed by atoms with Crippen molar-refractivity contribution >= 4 is 13.7 Å². The molecule has 0 heterocycles. The second-order valence-corrected chi connectivity index (χ2v) is 17.1. The molecule has 0 radical (unpaired) electrons. The van der Waals surface area contributed by atoms with Crippen LogP contribution in [0.2, 0.25) is 0 Å². The van der Waals surface area contributed by atoms with Crippen LogP contribution >= 0.6 is 7.82 Å². The number of rotatable bonds is 43. The van der Waals surface area contributed by atoms with Gasteiger partial charge >= 0.3 is 7.82 Å². The molecule has 5 N–H and O–H groups in total. The minimum atomic E-state index is -4.33. The van der Waals surface area contributed by atoms with Crippen LogP contribution in [0.4, 0.5) is 0 Å². The van der Waals surface area contributed by atoms with E-state index in [1.807, 2.05) is 6.08 Å². The normalized spacial score (nSPS) is 14.1. The number of carbonyl (C=O) groups excluding carboxylic acids is 1. The molecule has 316 valence electrons. The number of amides is 1. The van der Waals surface area contributed by atoms with E-state index in [0.29, 0.717) is 6.42 Å². The lowest BCUT2D eigenvalue weighted by Crippen LogP contribution is -2.45. The summed E-state index contributed by atoms with van der Waals surface area (Å²) in [7, 11) is -4.33. The monoisotopic (exact) mass is 773 g/mol. The third-order valence-electron chi connectivity index (χ3n) is 10.4. The third-order valence-corrected chi connectivity index (χ3v) is 11.3. The number of hydrogen-bond acceptors (Lipinski definition) is 6. The summed E-state index contributed by atoms with van der Waals surface area (Å²) in [4.78, 5) is 22.7. The summed E-state index contributed by atoms with van der Waals surface area (Å²) in [6.07, 6.45) is 45.4. The Morgan fingerprint density at radius 1 is 0.604 bits per heavy atom. The van der Waals surface area contributed by atoms with E-state index in [4.69, 9.17) is 14.8 Å². The second-order valence-electron chi connectivity index (χ2n) is 15.6. The van der Waals surface area contributed by atoms with Crippen LogP contribution in [0.15, 0.2) is 12.2 Å². The lowest BCUT2D eigenvalue weighted by Gasteiger charge is -2.23. The molecule has 8 nitrogen and oxygen atoms in total. The van der Waals surface area contributed by atoms with Crippen LogP contribution in [-0.4, -0.2) is 47.8 Å². The molecule has 1 amide bonds. The van der Waals surface area contributed by atoms with Crippen LogP contribution < -0.4 is 11.1 Å². The van der Waals surface area contributed by atoms with Crippen molar-refractivity contribution in [2.24, 2.45) is 5.73 Å². The Hall–Kier alpha value is -0.760. The summed E-state index contributed by atoms with van der Waals surface area (Å²) in [6.45, 7) is 4.16. The van der Waals surface area contributed by atoms with Crippen molar-refractivity contribution in [1.82, 2.24) is 5.32 Å². The molecule has 0 saturated carbocycles. The zero-order valence-electron chi connectivity index (χ0n) is 35.0. The van der Waals surface area contributed by atoms with Crippen molar-refractivity contribution in [3.63, 3.8) is 0 Å². The number of hydrogen-bond donors (Lipinski definition) is 4. The van der Waals surface area contributed by atoms with E-state index >= 15 is 0 Å². The highest BCUT2D eigenvalue weighted by Crippen LogP contribution is 2.43. The zero-order valence-corrected chi connectivity index (χ0v) is 35.9. The number of phosphoric acid groups is 1. The molecule has 0 fully saturated rings. The Morgan fingerprint density at radius 2 is 0.962 bits per heavy atom. The largest absolute Gasteiger partial charge is 0.472 e. The fourth-order valence-electron chi connectivity index (χ4n) is 6.90. The Bertz CT molecular complexity index is 845. The summed E-state index contributed by atoms with van der Waals surface area (Å²) in [5.74, 6) is -0.190. The van der Waals surface area contributed by atoms with Gasteiger partial charge in [-0.2, -0.15) is 0 Å². The first-order valence-corrected chi connectivity index (χ1v) is 24.3. The summed E-state index contributed by atoms with van der Waals surface area (Å²) >= 11 is 0. The molecule has 0 saturated heterocycles. The van der Waals surface area contributed by atoms with Crippen LogP contribution in [0.5, 0.6) is 0 Å². The average Bonchev–Trinajstić information content (AvgIpc) is 3.14. The van der Waals surface area contributed by atoms with Crippen molar-refractivity contribution in [1.29, 1.82) is 0 Å². The van der Waals surface area contributed by atoms with Crippen molar-refractivity contribution in [3.05, 3.63) is 12.2 Å². The first-order valence-electron chi connectivity index (χ1n) is 22.8. The molecule has 0 rings (SSSR count). The topological polar surface area (TPSA) is 131 Å². The lowest BCUT2D eigenvalue weighted by molar-refractivity contribution is -0.123. The fraction of sp³-hybridized carbons (Fsp3) is 0.932. The summed E-state index contributed by atoms with van der Waals surface area (Å²) in [5.41, 5.74) is 5.38. The SMILES string of the molecule is CCCCCCCCCCCCCCCCCCC/C=C/C(O)C(COP(=O)(O)OCCN)NC(=O)CCCCCCCCCCCCCCCCC. The smallest absolute Gasteiger partial charge is 0.387 e. The van der Waals surface area contributed by atoms with Crippen LogP contribution in [0.25, 0.3) is 0 Å². The van der Waals surface area contributed by atoms with E-state index in [1.54, 1.807) is 6.08 Å². The van der Waals surface area contributed by atoms with Crippen molar-refractivity contribution < 1.29 is 28.4 Å². The maximum absolute atomic E-state index is 12.8. The predicted octanol–water partition coefficient (Wildman–Crippen LogP) is 12.8. The van der Waals surface area contributed by atoms with Crippen LogP contribution in [0.1, 0.15) is 232 Å². The van der Waals surface area contributed by atoms with Gasteiger partial charge in [-0.15, -0.1) is 0 Å². The van der Waals surface area contributed by atoms with Gasteiger partial charge in [-0.3, -0.25) is 13.8 Å². The number of aliphatic hydroxyl groups excluding tert-OH is 1. The Labute approximate surface area is 328 Å². The molecular formula is C44H89N2O6P. The number of carbonyl (C=O) groups is 1. The minimum absolute atomic E-state index is 0.0814. The highest BCUT2D eigenvalue weighted by atomic mass is 31.2. The number of unbranched alkanes of at least 4 members (excludes halogenated alkanes) is 31. The highest BCUT2D eigenvalue weighted by Gasteiger charge is 2.26. The summed E-state index contributed by atoms with van der Waals surface area (Å²) in [5, 5.41) is 13.7. The number of aliphatic hydroxyl groups is 1. The predicted molar refractivity (Wildman–Crippen MR) is 226 cm³/mol. The maximum atomic E-state index is 12.8. The summed E-state index contributed by atoms with van der Waals surface area (Å²) in [6, 6.07) is -0.854. The molecule has 0 spiro atoms. The average molecular weight is 773 g/mol. The molecule has 0 aliphatic heterocycles. The molecule has 0 aliphatic carbocycles. The maximum Gasteiger partial charge on any atom is 0.472 e. The quantitative estimate of drug-likeness (QED) is 0.0276. The van der Waals surface area contributed by atoms with E-state index in [0.717, 1.165) is 38.5 Å². The molecule has 0 bridgehead atoms. The first-order chi connectivity index (χ1) is 25.9. The third kappa shape index (κ3) is 39.3. The Balaban J connectivity index is 4.15. The number of phosphoric ester groups is 1. The van der Waals surface area contributed by atoms with E-state index < -0.39 is 20.0 Å². The standard InChI is InChI=1S/C44H89N2O6P/c1-3-5-7-9-11-13-15-17-19-20-21-22-24-25-27-29-31-33-35-37-43(47)42(41-52-53(49,50)51-40-39-45)46-44(48)38-36-34-32-30-28-26-23-18-16-14-12-10-8-6-4-2/h35,37,42-43,47H,3-34,36,38-41,45H2,1-2H3,(H,46,48)(H,49,50)/b37-35+. The van der Waals surface area contributed by atoms with Gasteiger partial charge in [0.1, 0.15) is 0 Å². The van der Waals surface area contributed by atoms with Crippen LogP contribution in [0.3, 0.4) is 0 Å². The molecule has 0 aromatic carbocycles. The number of nitrogens with one attached hydrogen (secondary N) is 1. The van der Waals surface area contributed by atoms with E-state index in [1.165, 1.54) is 173 Å². The van der Waals surface area contributed by atoms with Gasteiger partial charge in [0, 0.05) is 13.0 Å². The van der Waals surface area contributed by atoms with Gasteiger partial charge in [0.15, 0.2) is 0 Å². The van der Waals surface area contributed by atoms with Gasteiger partial charge < -0.3 is 21.1 Å². The van der Waals surface area contributed by atoms with Gasteiger partial charge in [0.05, 0.1) is 25.4 Å². The van der Waals surface area contributed by atoms with Crippen molar-refractivity contribution in [2.45, 2.75) is 244 Å². The molecule has 9 heteroatoms. The van der Waals surface area contributed by atoms with E-state index in [9.17, 15) is 19.4 Å². The highest BCUT2D eigenvalue weighted by molar-refractivity contribution is 7.47. The number of allylic oxidation sites excluding steroid dienone is 1. The zero-order chi connectivity index (χ0) is 38.9. The van der Waals surface area contributed by atoms with Crippen LogP contribution in [-0.2, 0) is 18.4 Å². The van der Waals surface area contributed by atoms with Gasteiger partial charge in [0.2, 0.25) is 5.91 Å². The molecular weight excluding hydrogens is 683 g/mol. The van der Waals surface area contributed by atoms with Gasteiger partial charge in [-0.1, -0.05) is 219 Å². The Kier molecular flexibility index (Phi) is 40.3. The van der Waals surface area contributed by atoms with Crippen molar-refractivity contribution in [3.8, 4) is 0 Å². The molecule has 0 aromatic heterocycles. The van der Waals surface area contributed by atoms with E-state index in [2.05, 4.69) is 19.2 Å². The molecule has 0 aromatic rings. The van der Waals surface area contributed by atoms with E-state index in [-0.39, 0.29) is 25.7 Å². The van der Waals surface area contributed by atoms with Crippen LogP contribution in [0, 0.1) is 0 Å². The summed E-state index contributed by atoms with van der Waals surface area (Å²) < 4.78 is 22.1. The van der Waals surface area contributed by atoms with Crippen molar-refractivity contribution in [2.75, 3.05) is 19.8 Å². The molecule has 0 aliphatic rings. The van der Waals surface area contributed by atoms with Gasteiger partial charge in [-0.25, -0.2) is 4.57 Å². The first kappa shape index (κ1) is 52.2. The fourth-order valence-corrected chi connectivity index (χ4v) is 7.66. The van der Waals surface area contributed by atoms with Gasteiger partial charge in [0.25, 0.3) is 0 Å². The minimum Gasteiger partial charge on any atom is -0.387 e. The second kappa shape index (κ2) is 40.9. The van der Waals surface area contributed by atoms with Gasteiger partial charge in [-0.05, 0) is 19.3 Å². The molecule has 3 atom stereocenters. The molecule has 53 heavy (non-hydrogen) atoms. The Morgan fingerprint density at radius 3 is 1.34 bits per heavy atom. The number of nitrogens with two attached hydrogens (primary N) is 1. The molecule has 3 unspecified atom stereocenters.